The van der Waals surface area contributed by atoms with Crippen LogP contribution in [0.25, 0.3) is 10.9 Å². The van der Waals surface area contributed by atoms with Gasteiger partial charge in [0.2, 0.25) is 0 Å². The summed E-state index contributed by atoms with van der Waals surface area (Å²) in [6.07, 6.45) is 1.76. The predicted molar refractivity (Wildman–Crippen MR) is 90.9 cm³/mol. The largest absolute Gasteiger partial charge is 0.508 e. The minimum atomic E-state index is -1.63. The Hall–Kier alpha value is -2.68. The van der Waals surface area contributed by atoms with Crippen LogP contribution in [0.5, 0.6) is 0 Å². The molecule has 0 saturated heterocycles. The highest BCUT2D eigenvalue weighted by Gasteiger charge is 2.15. The molecule has 0 atom stereocenters. The van der Waals surface area contributed by atoms with E-state index in [9.17, 15) is 10.0 Å². The molecular weight excluding hydrogens is 293 g/mol. The predicted octanol–water partition coefficient (Wildman–Crippen LogP) is 0.207. The van der Waals surface area contributed by atoms with Crippen LogP contribution in [0.2, 0.25) is 0 Å². The number of nitrogen functional groups attached to an aromatic ring is 1. The molecule has 3 aromatic rings. The molecule has 0 saturated carbocycles. The second-order valence-corrected chi connectivity index (χ2v) is 5.03. The SMILES string of the molecule is NNc1ccc(B(O)O)nc1NCc1ccc2ncccc2c1. The maximum Gasteiger partial charge on any atom is 0.508 e. The van der Waals surface area contributed by atoms with Gasteiger partial charge in [0.1, 0.15) is 0 Å². The van der Waals surface area contributed by atoms with Crippen molar-refractivity contribution < 1.29 is 10.0 Å². The van der Waals surface area contributed by atoms with Crippen molar-refractivity contribution in [3.05, 3.63) is 54.2 Å². The molecule has 3 rings (SSSR count). The lowest BCUT2D eigenvalue weighted by Gasteiger charge is -2.12. The molecule has 23 heavy (non-hydrogen) atoms. The Labute approximate surface area is 133 Å². The molecule has 7 nitrogen and oxygen atoms in total. The van der Waals surface area contributed by atoms with Gasteiger partial charge in [-0.2, -0.15) is 0 Å². The topological polar surface area (TPSA) is 116 Å². The minimum Gasteiger partial charge on any atom is -0.422 e. The van der Waals surface area contributed by atoms with Crippen LogP contribution in [0.3, 0.4) is 0 Å². The zero-order valence-corrected chi connectivity index (χ0v) is 12.3. The first-order valence-corrected chi connectivity index (χ1v) is 7.08. The maximum absolute atomic E-state index is 9.22. The van der Waals surface area contributed by atoms with Gasteiger partial charge >= 0.3 is 7.12 Å². The van der Waals surface area contributed by atoms with E-state index in [1.165, 1.54) is 6.07 Å². The van der Waals surface area contributed by atoms with Gasteiger partial charge in [-0.05, 0) is 35.9 Å². The number of hydrogen-bond donors (Lipinski definition) is 5. The van der Waals surface area contributed by atoms with Crippen molar-refractivity contribution in [2.45, 2.75) is 6.54 Å². The third-order valence-corrected chi connectivity index (χ3v) is 3.46. The first-order valence-electron chi connectivity index (χ1n) is 7.08. The van der Waals surface area contributed by atoms with E-state index in [4.69, 9.17) is 5.84 Å². The van der Waals surface area contributed by atoms with Gasteiger partial charge in [0.05, 0.1) is 16.8 Å². The number of nitrogens with two attached hydrogens (primary N) is 1. The van der Waals surface area contributed by atoms with Crippen molar-refractivity contribution in [1.29, 1.82) is 0 Å². The summed E-state index contributed by atoms with van der Waals surface area (Å²) >= 11 is 0. The third kappa shape index (κ3) is 3.40. The smallest absolute Gasteiger partial charge is 0.422 e. The second kappa shape index (κ2) is 6.61. The summed E-state index contributed by atoms with van der Waals surface area (Å²) in [5.41, 5.74) is 5.22. The van der Waals surface area contributed by atoms with Gasteiger partial charge in [-0.15, -0.1) is 0 Å². The Morgan fingerprint density at radius 3 is 2.78 bits per heavy atom. The van der Waals surface area contributed by atoms with Crippen LogP contribution in [-0.2, 0) is 6.54 Å². The summed E-state index contributed by atoms with van der Waals surface area (Å²) in [7, 11) is -1.63. The maximum atomic E-state index is 9.22. The van der Waals surface area contributed by atoms with Gasteiger partial charge < -0.3 is 20.8 Å². The van der Waals surface area contributed by atoms with E-state index in [1.54, 1.807) is 12.3 Å². The fourth-order valence-electron chi connectivity index (χ4n) is 2.29. The molecule has 0 fully saturated rings. The van der Waals surface area contributed by atoms with Gasteiger partial charge in [0.15, 0.2) is 5.82 Å². The summed E-state index contributed by atoms with van der Waals surface area (Å²) in [5, 5.41) is 22.6. The molecule has 2 heterocycles. The number of fused-ring (bicyclic) bond motifs is 1. The Balaban J connectivity index is 1.82. The monoisotopic (exact) mass is 309 g/mol. The molecule has 0 aliphatic rings. The Bertz CT molecular complexity index is 828. The summed E-state index contributed by atoms with van der Waals surface area (Å²) in [4.78, 5) is 8.44. The van der Waals surface area contributed by atoms with Crippen LogP contribution in [0, 0.1) is 0 Å². The molecule has 0 bridgehead atoms. The van der Waals surface area contributed by atoms with E-state index in [1.807, 2.05) is 30.3 Å². The molecule has 6 N–H and O–H groups in total. The summed E-state index contributed by atoms with van der Waals surface area (Å²) < 4.78 is 0. The molecule has 0 spiro atoms. The summed E-state index contributed by atoms with van der Waals surface area (Å²) in [6.45, 7) is 0.511. The van der Waals surface area contributed by atoms with E-state index >= 15 is 0 Å². The van der Waals surface area contributed by atoms with Crippen molar-refractivity contribution in [3.8, 4) is 0 Å². The average molecular weight is 309 g/mol. The van der Waals surface area contributed by atoms with E-state index in [-0.39, 0.29) is 5.59 Å². The lowest BCUT2D eigenvalue weighted by Crippen LogP contribution is -2.33. The number of hydrogen-bond acceptors (Lipinski definition) is 7. The number of anilines is 2. The van der Waals surface area contributed by atoms with Crippen LogP contribution in [0.4, 0.5) is 11.5 Å². The van der Waals surface area contributed by atoms with Crippen LogP contribution in [0.15, 0.2) is 48.7 Å². The molecule has 0 aliphatic carbocycles. The van der Waals surface area contributed by atoms with Gasteiger partial charge in [-0.3, -0.25) is 10.8 Å². The zero-order valence-electron chi connectivity index (χ0n) is 12.3. The minimum absolute atomic E-state index is 0.147. The highest BCUT2D eigenvalue weighted by atomic mass is 16.4. The normalized spacial score (nSPS) is 10.6. The lowest BCUT2D eigenvalue weighted by molar-refractivity contribution is 0.424. The number of rotatable bonds is 5. The first-order chi connectivity index (χ1) is 11.2. The van der Waals surface area contributed by atoms with E-state index in [0.717, 1.165) is 16.5 Å². The number of aromatic nitrogens is 2. The number of pyridine rings is 2. The standard InChI is InChI=1S/C15H16BN5O2/c17-21-13-5-6-14(16(22)23)20-15(13)19-9-10-3-4-12-11(8-10)2-1-7-18-12/h1-8,21-23H,9,17H2,(H,19,20). The van der Waals surface area contributed by atoms with Crippen molar-refractivity contribution >= 4 is 35.1 Å². The fraction of sp³-hybridized carbons (Fsp3) is 0.0667. The van der Waals surface area contributed by atoms with Crippen molar-refractivity contribution in [2.24, 2.45) is 5.84 Å². The molecule has 0 amide bonds. The van der Waals surface area contributed by atoms with Crippen molar-refractivity contribution in [1.82, 2.24) is 9.97 Å². The summed E-state index contributed by atoms with van der Waals surface area (Å²) in [5.74, 6) is 5.91. The highest BCUT2D eigenvalue weighted by molar-refractivity contribution is 6.57. The number of hydrazine groups is 1. The van der Waals surface area contributed by atoms with Crippen LogP contribution in [-0.4, -0.2) is 27.1 Å². The van der Waals surface area contributed by atoms with Crippen LogP contribution >= 0.6 is 0 Å². The third-order valence-electron chi connectivity index (χ3n) is 3.46. The molecule has 8 heteroatoms. The second-order valence-electron chi connectivity index (χ2n) is 5.03. The average Bonchev–Trinajstić information content (AvgIpc) is 2.59. The van der Waals surface area contributed by atoms with Crippen molar-refractivity contribution in [2.75, 3.05) is 10.7 Å². The van der Waals surface area contributed by atoms with Gasteiger partial charge in [-0.25, -0.2) is 4.98 Å². The quantitative estimate of drug-likeness (QED) is 0.260. The van der Waals surface area contributed by atoms with E-state index < -0.39 is 7.12 Å². The van der Waals surface area contributed by atoms with Crippen molar-refractivity contribution in [3.63, 3.8) is 0 Å². The molecule has 1 aromatic carbocycles. The Morgan fingerprint density at radius 2 is 2.00 bits per heavy atom. The molecule has 0 aliphatic heterocycles. The Morgan fingerprint density at radius 1 is 1.13 bits per heavy atom. The molecule has 116 valence electrons. The lowest BCUT2D eigenvalue weighted by atomic mass is 9.85. The Kier molecular flexibility index (Phi) is 4.38. The molecular formula is C15H16BN5O2. The van der Waals surface area contributed by atoms with E-state index in [0.29, 0.717) is 18.1 Å². The van der Waals surface area contributed by atoms with Crippen LogP contribution < -0.4 is 22.2 Å². The zero-order chi connectivity index (χ0) is 16.2. The number of nitrogens with zero attached hydrogens (tertiary/aromatic N) is 2. The molecule has 2 aromatic heterocycles. The molecule has 0 unspecified atom stereocenters. The van der Waals surface area contributed by atoms with Crippen LogP contribution in [0.1, 0.15) is 5.56 Å². The highest BCUT2D eigenvalue weighted by Crippen LogP contribution is 2.18. The fourth-order valence-corrected chi connectivity index (χ4v) is 2.29. The van der Waals surface area contributed by atoms with Gasteiger partial charge in [0, 0.05) is 18.1 Å². The summed E-state index contributed by atoms with van der Waals surface area (Å²) in [6, 6.07) is 13.0. The number of benzene rings is 1. The van der Waals surface area contributed by atoms with Gasteiger partial charge in [-0.1, -0.05) is 12.1 Å². The van der Waals surface area contributed by atoms with E-state index in [2.05, 4.69) is 20.7 Å². The first kappa shape index (κ1) is 15.2. The molecule has 0 radical (unpaired) electrons. The number of nitrogens with one attached hydrogen (secondary N) is 2. The van der Waals surface area contributed by atoms with Gasteiger partial charge in [0.25, 0.3) is 0 Å².